The second kappa shape index (κ2) is 8.42. The highest BCUT2D eigenvalue weighted by Crippen LogP contribution is 2.32. The average molecular weight is 416 g/mol. The van der Waals surface area contributed by atoms with Crippen LogP contribution in [0.4, 0.5) is 11.4 Å². The first-order valence-corrected chi connectivity index (χ1v) is 9.08. The summed E-state index contributed by atoms with van der Waals surface area (Å²) >= 11 is 6.07. The molecule has 2 amide bonds. The second-order valence-electron chi connectivity index (χ2n) is 6.39. The van der Waals surface area contributed by atoms with Gasteiger partial charge in [0.25, 0.3) is 17.5 Å². The minimum atomic E-state index is -0.529. The number of hydrogen-bond donors (Lipinski definition) is 1. The van der Waals surface area contributed by atoms with Gasteiger partial charge < -0.3 is 10.1 Å². The van der Waals surface area contributed by atoms with Gasteiger partial charge >= 0.3 is 0 Å². The molecule has 0 unspecified atom stereocenters. The highest BCUT2D eigenvalue weighted by Gasteiger charge is 2.39. The Balaban J connectivity index is 2.07. The van der Waals surface area contributed by atoms with Crippen molar-refractivity contribution in [2.75, 3.05) is 25.6 Å². The summed E-state index contributed by atoms with van der Waals surface area (Å²) in [5.41, 5.74) is 1.94. The largest absolute Gasteiger partial charge is 0.383 e. The van der Waals surface area contributed by atoms with Crippen molar-refractivity contribution in [2.45, 2.75) is 6.92 Å². The van der Waals surface area contributed by atoms with E-state index < -0.39 is 16.7 Å². The lowest BCUT2D eigenvalue weighted by Crippen LogP contribution is -2.35. The quantitative estimate of drug-likeness (QED) is 0.422. The van der Waals surface area contributed by atoms with Gasteiger partial charge in [0.1, 0.15) is 5.70 Å². The molecule has 1 aliphatic rings. The number of imide groups is 1. The Hall–Kier alpha value is -3.23. The molecule has 2 aromatic carbocycles. The number of non-ortho nitro benzene ring substituents is 1. The van der Waals surface area contributed by atoms with Crippen LogP contribution in [0.1, 0.15) is 11.1 Å². The van der Waals surface area contributed by atoms with Crippen molar-refractivity contribution in [1.82, 2.24) is 4.90 Å². The molecule has 0 spiro atoms. The van der Waals surface area contributed by atoms with Gasteiger partial charge in [-0.15, -0.1) is 0 Å². The molecule has 1 N–H and O–H groups in total. The first-order valence-electron chi connectivity index (χ1n) is 8.71. The molecule has 0 atom stereocenters. The number of benzene rings is 2. The van der Waals surface area contributed by atoms with Crippen LogP contribution in [-0.4, -0.2) is 41.9 Å². The minimum Gasteiger partial charge on any atom is -0.383 e. The Morgan fingerprint density at radius 1 is 1.14 bits per heavy atom. The molecule has 0 fully saturated rings. The second-order valence-corrected chi connectivity index (χ2v) is 6.83. The van der Waals surface area contributed by atoms with E-state index in [1.807, 2.05) is 6.92 Å². The summed E-state index contributed by atoms with van der Waals surface area (Å²) in [6.07, 6.45) is 0. The number of carbonyl (C=O) groups is 2. The van der Waals surface area contributed by atoms with E-state index >= 15 is 0 Å². The fraction of sp³-hybridized carbons (Fsp3) is 0.200. The molecular formula is C20H18ClN3O5. The number of rotatable bonds is 7. The van der Waals surface area contributed by atoms with Crippen molar-refractivity contribution in [2.24, 2.45) is 0 Å². The number of nitrogens with one attached hydrogen (secondary N) is 1. The summed E-state index contributed by atoms with van der Waals surface area (Å²) in [6.45, 7) is 2.12. The Kier molecular flexibility index (Phi) is 5.95. The summed E-state index contributed by atoms with van der Waals surface area (Å²) in [5.74, 6) is -0.997. The molecule has 29 heavy (non-hydrogen) atoms. The summed E-state index contributed by atoms with van der Waals surface area (Å²) in [7, 11) is 1.48. The SMILES string of the molecule is COCCN1C(=O)C(Nc2cc(Cl)ccc2C)=C(c2ccc([N+](=O)[O-])cc2)C1=O. The molecule has 0 aromatic heterocycles. The van der Waals surface area contributed by atoms with Gasteiger partial charge in [0.05, 0.1) is 23.6 Å². The van der Waals surface area contributed by atoms with E-state index in [1.165, 1.54) is 31.4 Å². The Morgan fingerprint density at radius 2 is 1.83 bits per heavy atom. The van der Waals surface area contributed by atoms with Crippen LogP contribution in [-0.2, 0) is 14.3 Å². The predicted molar refractivity (Wildman–Crippen MR) is 108 cm³/mol. The van der Waals surface area contributed by atoms with E-state index in [0.29, 0.717) is 16.3 Å². The molecule has 0 radical (unpaired) electrons. The number of methoxy groups -OCH3 is 1. The van der Waals surface area contributed by atoms with Crippen LogP contribution in [0.25, 0.3) is 5.57 Å². The summed E-state index contributed by atoms with van der Waals surface area (Å²) in [4.78, 5) is 37.4. The minimum absolute atomic E-state index is 0.0877. The lowest BCUT2D eigenvalue weighted by molar-refractivity contribution is -0.384. The third-order valence-corrected chi connectivity index (χ3v) is 4.75. The standard InChI is InChI=1S/C20H18ClN3O5/c1-12-3-6-14(21)11-16(12)22-18-17(13-4-7-15(8-5-13)24(27)28)19(25)23(20(18)26)9-10-29-2/h3-8,11,22H,9-10H2,1-2H3. The van der Waals surface area contributed by atoms with Crippen LogP contribution in [0.3, 0.4) is 0 Å². The fourth-order valence-electron chi connectivity index (χ4n) is 2.96. The van der Waals surface area contributed by atoms with Gasteiger partial charge in [-0.1, -0.05) is 17.7 Å². The predicted octanol–water partition coefficient (Wildman–Crippen LogP) is 3.40. The number of carbonyl (C=O) groups excluding carboxylic acids is 2. The van der Waals surface area contributed by atoms with Crippen LogP contribution in [0.2, 0.25) is 5.02 Å². The number of hydrogen-bond acceptors (Lipinski definition) is 6. The van der Waals surface area contributed by atoms with E-state index in [0.717, 1.165) is 10.5 Å². The Labute approximate surface area is 171 Å². The lowest BCUT2D eigenvalue weighted by Gasteiger charge is -2.15. The van der Waals surface area contributed by atoms with Gasteiger partial charge in [-0.2, -0.15) is 0 Å². The maximum absolute atomic E-state index is 13.0. The Bertz CT molecular complexity index is 1020. The number of nitro benzene ring substituents is 1. The smallest absolute Gasteiger partial charge is 0.278 e. The molecule has 9 heteroatoms. The van der Waals surface area contributed by atoms with E-state index in [2.05, 4.69) is 5.32 Å². The van der Waals surface area contributed by atoms with Gasteiger partial charge in [-0.3, -0.25) is 24.6 Å². The first kappa shape index (κ1) is 20.5. The molecule has 2 aromatic rings. The summed E-state index contributed by atoms with van der Waals surface area (Å²) < 4.78 is 4.99. The zero-order chi connectivity index (χ0) is 21.1. The summed E-state index contributed by atoms with van der Waals surface area (Å²) in [6, 6.07) is 10.7. The van der Waals surface area contributed by atoms with E-state index in [9.17, 15) is 19.7 Å². The van der Waals surface area contributed by atoms with Crippen LogP contribution < -0.4 is 5.32 Å². The third kappa shape index (κ3) is 4.13. The fourth-order valence-corrected chi connectivity index (χ4v) is 3.13. The van der Waals surface area contributed by atoms with Crippen molar-refractivity contribution in [1.29, 1.82) is 0 Å². The van der Waals surface area contributed by atoms with Crippen molar-refractivity contribution in [3.8, 4) is 0 Å². The van der Waals surface area contributed by atoms with E-state index in [-0.39, 0.29) is 30.1 Å². The zero-order valence-electron chi connectivity index (χ0n) is 15.8. The van der Waals surface area contributed by atoms with Crippen LogP contribution in [0.15, 0.2) is 48.2 Å². The topological polar surface area (TPSA) is 102 Å². The van der Waals surface area contributed by atoms with Gasteiger partial charge in [-0.05, 0) is 42.3 Å². The molecular weight excluding hydrogens is 398 g/mol. The van der Waals surface area contributed by atoms with E-state index in [4.69, 9.17) is 16.3 Å². The molecule has 0 saturated carbocycles. The van der Waals surface area contributed by atoms with Crippen molar-refractivity contribution >= 4 is 40.4 Å². The van der Waals surface area contributed by atoms with Gasteiger partial charge in [0.2, 0.25) is 0 Å². The number of anilines is 1. The van der Waals surface area contributed by atoms with Gasteiger partial charge in [-0.25, -0.2) is 0 Å². The third-order valence-electron chi connectivity index (χ3n) is 4.51. The molecule has 1 aliphatic heterocycles. The maximum Gasteiger partial charge on any atom is 0.278 e. The molecule has 150 valence electrons. The van der Waals surface area contributed by atoms with E-state index in [1.54, 1.807) is 18.2 Å². The molecule has 3 rings (SSSR count). The first-order chi connectivity index (χ1) is 13.8. The average Bonchev–Trinajstić information content (AvgIpc) is 2.92. The molecule has 0 aliphatic carbocycles. The van der Waals surface area contributed by atoms with Crippen LogP contribution >= 0.6 is 11.6 Å². The number of halogens is 1. The van der Waals surface area contributed by atoms with Crippen LogP contribution in [0, 0.1) is 17.0 Å². The normalized spacial score (nSPS) is 14.0. The summed E-state index contributed by atoms with van der Waals surface area (Å²) in [5, 5.41) is 14.4. The van der Waals surface area contributed by atoms with Crippen molar-refractivity contribution in [3.05, 3.63) is 74.4 Å². The maximum atomic E-state index is 13.0. The number of nitrogens with zero attached hydrogens (tertiary/aromatic N) is 2. The van der Waals surface area contributed by atoms with Gasteiger partial charge in [0.15, 0.2) is 0 Å². The van der Waals surface area contributed by atoms with Crippen molar-refractivity contribution in [3.63, 3.8) is 0 Å². The monoisotopic (exact) mass is 415 g/mol. The molecule has 0 saturated heterocycles. The molecule has 8 nitrogen and oxygen atoms in total. The number of ether oxygens (including phenoxy) is 1. The molecule has 0 bridgehead atoms. The number of amides is 2. The number of aryl methyl sites for hydroxylation is 1. The highest BCUT2D eigenvalue weighted by atomic mass is 35.5. The molecule has 1 heterocycles. The van der Waals surface area contributed by atoms with Crippen molar-refractivity contribution < 1.29 is 19.2 Å². The van der Waals surface area contributed by atoms with Crippen LogP contribution in [0.5, 0.6) is 0 Å². The Morgan fingerprint density at radius 3 is 2.45 bits per heavy atom. The zero-order valence-corrected chi connectivity index (χ0v) is 16.5. The highest BCUT2D eigenvalue weighted by molar-refractivity contribution is 6.36. The number of nitro groups is 1. The lowest BCUT2D eigenvalue weighted by atomic mass is 10.0. The van der Waals surface area contributed by atoms with Gasteiger partial charge in [0, 0.05) is 30.0 Å².